The summed E-state index contributed by atoms with van der Waals surface area (Å²) in [5.41, 5.74) is 0. The van der Waals surface area contributed by atoms with Crippen molar-refractivity contribution < 1.29 is 14.6 Å². The zero-order valence-electron chi connectivity index (χ0n) is 6.75. The fraction of sp³-hybridized carbons (Fsp3) is 0.875. The van der Waals surface area contributed by atoms with Crippen molar-refractivity contribution in [2.75, 3.05) is 13.2 Å². The highest BCUT2D eigenvalue weighted by molar-refractivity contribution is 5.73. The molecule has 1 aliphatic carbocycles. The van der Waals surface area contributed by atoms with Crippen LogP contribution >= 0.6 is 0 Å². The Labute approximate surface area is 66.4 Å². The molecule has 1 N–H and O–H groups in total. The molecule has 11 heavy (non-hydrogen) atoms. The molecule has 0 amide bonds. The van der Waals surface area contributed by atoms with Crippen LogP contribution in [0.4, 0.5) is 0 Å². The first kappa shape index (κ1) is 8.53. The highest BCUT2D eigenvalue weighted by atomic mass is 16.5. The SMILES string of the molecule is CCOC(=O)C1CC(CO)C1. The van der Waals surface area contributed by atoms with E-state index in [4.69, 9.17) is 9.84 Å². The van der Waals surface area contributed by atoms with Crippen molar-refractivity contribution in [3.8, 4) is 0 Å². The summed E-state index contributed by atoms with van der Waals surface area (Å²) < 4.78 is 4.82. The van der Waals surface area contributed by atoms with Gasteiger partial charge < -0.3 is 9.84 Å². The van der Waals surface area contributed by atoms with E-state index in [2.05, 4.69) is 0 Å². The van der Waals surface area contributed by atoms with Gasteiger partial charge in [0.25, 0.3) is 0 Å². The number of esters is 1. The van der Waals surface area contributed by atoms with E-state index < -0.39 is 0 Å². The minimum Gasteiger partial charge on any atom is -0.466 e. The predicted molar refractivity (Wildman–Crippen MR) is 39.9 cm³/mol. The molecule has 0 saturated heterocycles. The maximum Gasteiger partial charge on any atom is 0.308 e. The molecule has 0 atom stereocenters. The number of carbonyl (C=O) groups is 1. The standard InChI is InChI=1S/C8H14O3/c1-2-11-8(10)7-3-6(4-7)5-9/h6-7,9H,2-5H2,1H3. The molecule has 0 spiro atoms. The van der Waals surface area contributed by atoms with Gasteiger partial charge in [-0.25, -0.2) is 0 Å². The lowest BCUT2D eigenvalue weighted by Crippen LogP contribution is -2.33. The maximum absolute atomic E-state index is 11.0. The maximum atomic E-state index is 11.0. The summed E-state index contributed by atoms with van der Waals surface area (Å²) in [5, 5.41) is 8.66. The van der Waals surface area contributed by atoms with Gasteiger partial charge in [0.15, 0.2) is 0 Å². The third-order valence-electron chi connectivity index (χ3n) is 2.11. The molecule has 3 heteroatoms. The Morgan fingerprint density at radius 2 is 2.27 bits per heavy atom. The fourth-order valence-electron chi connectivity index (χ4n) is 1.34. The Kier molecular flexibility index (Phi) is 2.88. The minimum atomic E-state index is -0.0998. The van der Waals surface area contributed by atoms with Gasteiger partial charge in [0.2, 0.25) is 0 Å². The molecular weight excluding hydrogens is 144 g/mol. The Hall–Kier alpha value is -0.570. The van der Waals surface area contributed by atoms with E-state index in [1.807, 2.05) is 0 Å². The van der Waals surface area contributed by atoms with Gasteiger partial charge in [-0.05, 0) is 25.7 Å². The predicted octanol–water partition coefficient (Wildman–Crippen LogP) is 0.568. The lowest BCUT2D eigenvalue weighted by Gasteiger charge is -2.31. The van der Waals surface area contributed by atoms with E-state index in [1.54, 1.807) is 6.92 Å². The quantitative estimate of drug-likeness (QED) is 0.611. The van der Waals surface area contributed by atoms with E-state index in [0.29, 0.717) is 12.5 Å². The van der Waals surface area contributed by atoms with Crippen molar-refractivity contribution in [1.29, 1.82) is 0 Å². The average Bonchev–Trinajstić information content (AvgIpc) is 1.86. The van der Waals surface area contributed by atoms with Crippen molar-refractivity contribution in [3.05, 3.63) is 0 Å². The van der Waals surface area contributed by atoms with E-state index in [9.17, 15) is 4.79 Å². The van der Waals surface area contributed by atoms with Crippen LogP contribution in [0.5, 0.6) is 0 Å². The Bertz CT molecular complexity index is 138. The molecule has 0 aromatic carbocycles. The average molecular weight is 158 g/mol. The zero-order chi connectivity index (χ0) is 8.27. The summed E-state index contributed by atoms with van der Waals surface area (Å²) in [6.45, 7) is 2.47. The topological polar surface area (TPSA) is 46.5 Å². The molecule has 3 nitrogen and oxygen atoms in total. The molecule has 64 valence electrons. The molecular formula is C8H14O3. The number of aliphatic hydroxyl groups excluding tert-OH is 1. The van der Waals surface area contributed by atoms with Gasteiger partial charge in [-0.2, -0.15) is 0 Å². The monoisotopic (exact) mass is 158 g/mol. The van der Waals surface area contributed by atoms with Crippen LogP contribution in [0.25, 0.3) is 0 Å². The number of rotatable bonds is 3. The van der Waals surface area contributed by atoms with Crippen LogP contribution < -0.4 is 0 Å². The van der Waals surface area contributed by atoms with Crippen LogP contribution in [0.1, 0.15) is 19.8 Å². The third-order valence-corrected chi connectivity index (χ3v) is 2.11. The second kappa shape index (κ2) is 3.72. The van der Waals surface area contributed by atoms with Gasteiger partial charge in [-0.3, -0.25) is 4.79 Å². The fourth-order valence-corrected chi connectivity index (χ4v) is 1.34. The normalized spacial score (nSPS) is 29.3. The Morgan fingerprint density at radius 3 is 2.73 bits per heavy atom. The van der Waals surface area contributed by atoms with E-state index in [-0.39, 0.29) is 18.5 Å². The second-order valence-electron chi connectivity index (χ2n) is 2.97. The Balaban J connectivity index is 2.16. The third kappa shape index (κ3) is 1.93. The highest BCUT2D eigenvalue weighted by Gasteiger charge is 2.34. The van der Waals surface area contributed by atoms with Gasteiger partial charge in [0, 0.05) is 6.61 Å². The molecule has 1 aliphatic rings. The van der Waals surface area contributed by atoms with E-state index >= 15 is 0 Å². The molecule has 1 rings (SSSR count). The number of aliphatic hydroxyl groups is 1. The molecule has 0 aromatic heterocycles. The summed E-state index contributed by atoms with van der Waals surface area (Å²) in [7, 11) is 0. The van der Waals surface area contributed by atoms with Crippen molar-refractivity contribution in [3.63, 3.8) is 0 Å². The van der Waals surface area contributed by atoms with Crippen molar-refractivity contribution in [2.45, 2.75) is 19.8 Å². The molecule has 0 aliphatic heterocycles. The highest BCUT2D eigenvalue weighted by Crippen LogP contribution is 2.33. The first-order chi connectivity index (χ1) is 5.27. The van der Waals surface area contributed by atoms with E-state index in [0.717, 1.165) is 12.8 Å². The summed E-state index contributed by atoms with van der Waals surface area (Å²) >= 11 is 0. The molecule has 0 radical (unpaired) electrons. The lowest BCUT2D eigenvalue weighted by molar-refractivity contribution is -0.153. The van der Waals surface area contributed by atoms with Crippen molar-refractivity contribution >= 4 is 5.97 Å². The number of hydrogen-bond donors (Lipinski definition) is 1. The van der Waals surface area contributed by atoms with Gasteiger partial charge in [-0.1, -0.05) is 0 Å². The Morgan fingerprint density at radius 1 is 1.64 bits per heavy atom. The zero-order valence-corrected chi connectivity index (χ0v) is 6.75. The largest absolute Gasteiger partial charge is 0.466 e. The molecule has 0 unspecified atom stereocenters. The second-order valence-corrected chi connectivity index (χ2v) is 2.97. The first-order valence-corrected chi connectivity index (χ1v) is 4.05. The van der Waals surface area contributed by atoms with Crippen molar-refractivity contribution in [2.24, 2.45) is 11.8 Å². The molecule has 0 aromatic rings. The summed E-state index contributed by atoms with van der Waals surface area (Å²) in [6, 6.07) is 0. The smallest absolute Gasteiger partial charge is 0.308 e. The first-order valence-electron chi connectivity index (χ1n) is 4.05. The van der Waals surface area contributed by atoms with Crippen LogP contribution in [-0.4, -0.2) is 24.3 Å². The molecule has 1 fully saturated rings. The lowest BCUT2D eigenvalue weighted by atomic mass is 9.75. The summed E-state index contributed by atoms with van der Waals surface area (Å²) in [5.74, 6) is 0.300. The van der Waals surface area contributed by atoms with Crippen molar-refractivity contribution in [1.82, 2.24) is 0 Å². The molecule has 1 saturated carbocycles. The molecule has 0 bridgehead atoms. The molecule has 0 heterocycles. The van der Waals surface area contributed by atoms with Crippen LogP contribution in [-0.2, 0) is 9.53 Å². The van der Waals surface area contributed by atoms with Crippen LogP contribution in [0.15, 0.2) is 0 Å². The van der Waals surface area contributed by atoms with Gasteiger partial charge in [-0.15, -0.1) is 0 Å². The van der Waals surface area contributed by atoms with Gasteiger partial charge in [0.05, 0.1) is 12.5 Å². The van der Waals surface area contributed by atoms with E-state index in [1.165, 1.54) is 0 Å². The van der Waals surface area contributed by atoms with Crippen LogP contribution in [0.2, 0.25) is 0 Å². The van der Waals surface area contributed by atoms with Crippen LogP contribution in [0, 0.1) is 11.8 Å². The number of carbonyl (C=O) groups excluding carboxylic acids is 1. The van der Waals surface area contributed by atoms with Gasteiger partial charge in [0.1, 0.15) is 0 Å². The minimum absolute atomic E-state index is 0.0621. The number of ether oxygens (including phenoxy) is 1. The summed E-state index contributed by atoms with van der Waals surface area (Å²) in [6.07, 6.45) is 1.60. The van der Waals surface area contributed by atoms with Gasteiger partial charge >= 0.3 is 5.97 Å². The number of hydrogen-bond acceptors (Lipinski definition) is 3. The van der Waals surface area contributed by atoms with Crippen LogP contribution in [0.3, 0.4) is 0 Å². The summed E-state index contributed by atoms with van der Waals surface area (Å²) in [4.78, 5) is 11.0.